The van der Waals surface area contributed by atoms with E-state index in [1.165, 1.54) is 63.5 Å². The zero-order valence-corrected chi connectivity index (χ0v) is 13.6. The highest BCUT2D eigenvalue weighted by Crippen LogP contribution is 2.27. The summed E-state index contributed by atoms with van der Waals surface area (Å²) < 4.78 is 6.15. The van der Waals surface area contributed by atoms with Crippen molar-refractivity contribution in [2.75, 3.05) is 11.9 Å². The second kappa shape index (κ2) is 7.87. The molecular weight excluding hydrogens is 272 g/mol. The molecule has 0 heterocycles. The fourth-order valence-corrected chi connectivity index (χ4v) is 3.71. The molecule has 122 valence electrons. The molecule has 1 aromatic rings. The number of nitrogens with one attached hydrogen (secondary N) is 1. The topological polar surface area (TPSA) is 47.3 Å². The van der Waals surface area contributed by atoms with Crippen LogP contribution in [0.5, 0.6) is 5.75 Å². The normalized spacial score (nSPS) is 26.6. The molecule has 2 saturated carbocycles. The molecule has 3 N–H and O–H groups in total. The second-order valence-electron chi connectivity index (χ2n) is 7.07. The van der Waals surface area contributed by atoms with Crippen LogP contribution < -0.4 is 15.8 Å². The summed E-state index contributed by atoms with van der Waals surface area (Å²) in [5.74, 6) is 1.78. The summed E-state index contributed by atoms with van der Waals surface area (Å²) in [6, 6.07) is 8.91. The Bertz CT molecular complexity index is 449. The summed E-state index contributed by atoms with van der Waals surface area (Å²) in [5, 5.41) is 3.59. The van der Waals surface area contributed by atoms with Gasteiger partial charge in [0.25, 0.3) is 0 Å². The molecule has 0 amide bonds. The van der Waals surface area contributed by atoms with Crippen molar-refractivity contribution < 1.29 is 4.74 Å². The highest BCUT2D eigenvalue weighted by Gasteiger charge is 2.18. The zero-order valence-electron chi connectivity index (χ0n) is 13.6. The molecule has 0 radical (unpaired) electrons. The summed E-state index contributed by atoms with van der Waals surface area (Å²) >= 11 is 0. The molecule has 0 saturated heterocycles. The summed E-state index contributed by atoms with van der Waals surface area (Å²) in [7, 11) is 0. The van der Waals surface area contributed by atoms with Gasteiger partial charge < -0.3 is 15.8 Å². The monoisotopic (exact) mass is 302 g/mol. The van der Waals surface area contributed by atoms with Gasteiger partial charge in [0.05, 0.1) is 6.10 Å². The van der Waals surface area contributed by atoms with Gasteiger partial charge in [0.2, 0.25) is 0 Å². The third kappa shape index (κ3) is 4.64. The Kier molecular flexibility index (Phi) is 5.60. The lowest BCUT2D eigenvalue weighted by Crippen LogP contribution is -2.29. The van der Waals surface area contributed by atoms with Crippen LogP contribution in [0.25, 0.3) is 0 Å². The molecule has 0 aromatic heterocycles. The summed E-state index contributed by atoms with van der Waals surface area (Å²) in [6.07, 6.45) is 11.7. The summed E-state index contributed by atoms with van der Waals surface area (Å²) in [6.45, 7) is 1.06. The van der Waals surface area contributed by atoms with E-state index in [1.54, 1.807) is 0 Å². The third-order valence-corrected chi connectivity index (χ3v) is 5.18. The van der Waals surface area contributed by atoms with Crippen LogP contribution in [0.2, 0.25) is 0 Å². The van der Waals surface area contributed by atoms with E-state index >= 15 is 0 Å². The minimum atomic E-state index is 0.420. The van der Waals surface area contributed by atoms with Gasteiger partial charge in [0.1, 0.15) is 5.75 Å². The Hall–Kier alpha value is -1.22. The van der Waals surface area contributed by atoms with E-state index in [-0.39, 0.29) is 0 Å². The van der Waals surface area contributed by atoms with Crippen molar-refractivity contribution in [3.8, 4) is 5.75 Å². The first-order valence-electron chi connectivity index (χ1n) is 9.06. The quantitative estimate of drug-likeness (QED) is 0.851. The molecule has 2 aliphatic rings. The van der Waals surface area contributed by atoms with E-state index in [0.29, 0.717) is 12.1 Å². The van der Waals surface area contributed by atoms with Crippen LogP contribution >= 0.6 is 0 Å². The van der Waals surface area contributed by atoms with E-state index in [1.807, 2.05) is 0 Å². The molecule has 1 aromatic carbocycles. The van der Waals surface area contributed by atoms with Gasteiger partial charge in [-0.15, -0.1) is 0 Å². The fraction of sp³-hybridized carbons (Fsp3) is 0.684. The number of rotatable bonds is 5. The minimum absolute atomic E-state index is 0.420. The molecule has 0 unspecified atom stereocenters. The van der Waals surface area contributed by atoms with Crippen LogP contribution in [-0.4, -0.2) is 18.7 Å². The fourth-order valence-electron chi connectivity index (χ4n) is 3.71. The standard InChI is InChI=1S/C19H30N2O/c20-16-11-9-15(10-12-16)14-21-17-5-4-8-19(13-17)22-18-6-2-1-3-7-18/h4-5,8,13,15-16,18,21H,1-3,6-7,9-12,14,20H2/t15-,16-. The largest absolute Gasteiger partial charge is 0.490 e. The van der Waals surface area contributed by atoms with E-state index < -0.39 is 0 Å². The van der Waals surface area contributed by atoms with Gasteiger partial charge in [-0.1, -0.05) is 12.5 Å². The molecule has 0 bridgehead atoms. The molecule has 2 aliphatic carbocycles. The number of hydrogen-bond acceptors (Lipinski definition) is 3. The number of ether oxygens (including phenoxy) is 1. The Morgan fingerprint density at radius 2 is 1.77 bits per heavy atom. The minimum Gasteiger partial charge on any atom is -0.490 e. The molecule has 22 heavy (non-hydrogen) atoms. The van der Waals surface area contributed by atoms with Crippen molar-refractivity contribution in [1.82, 2.24) is 0 Å². The van der Waals surface area contributed by atoms with Crippen molar-refractivity contribution in [3.05, 3.63) is 24.3 Å². The van der Waals surface area contributed by atoms with Crippen LogP contribution in [-0.2, 0) is 0 Å². The van der Waals surface area contributed by atoms with Crippen LogP contribution in [0.15, 0.2) is 24.3 Å². The maximum absolute atomic E-state index is 6.15. The Morgan fingerprint density at radius 3 is 2.55 bits per heavy atom. The first kappa shape index (κ1) is 15.7. The van der Waals surface area contributed by atoms with Crippen LogP contribution in [0.3, 0.4) is 0 Å². The van der Waals surface area contributed by atoms with Crippen molar-refractivity contribution >= 4 is 5.69 Å². The van der Waals surface area contributed by atoms with Gasteiger partial charge in [-0.25, -0.2) is 0 Å². The van der Waals surface area contributed by atoms with E-state index in [2.05, 4.69) is 29.6 Å². The molecule has 3 nitrogen and oxygen atoms in total. The molecule has 0 atom stereocenters. The molecule has 0 aliphatic heterocycles. The summed E-state index contributed by atoms with van der Waals surface area (Å²) in [5.41, 5.74) is 7.16. The zero-order chi connectivity index (χ0) is 15.2. The van der Waals surface area contributed by atoms with E-state index in [9.17, 15) is 0 Å². The Labute approximate surface area is 134 Å². The number of hydrogen-bond donors (Lipinski definition) is 2. The highest BCUT2D eigenvalue weighted by molar-refractivity contribution is 5.48. The second-order valence-corrected chi connectivity index (χ2v) is 7.07. The third-order valence-electron chi connectivity index (χ3n) is 5.18. The molecular formula is C19H30N2O. The highest BCUT2D eigenvalue weighted by atomic mass is 16.5. The Morgan fingerprint density at radius 1 is 1.00 bits per heavy atom. The molecule has 3 rings (SSSR count). The maximum Gasteiger partial charge on any atom is 0.121 e. The first-order valence-corrected chi connectivity index (χ1v) is 9.06. The van der Waals surface area contributed by atoms with Gasteiger partial charge in [0, 0.05) is 24.3 Å². The van der Waals surface area contributed by atoms with Crippen molar-refractivity contribution in [2.45, 2.75) is 69.9 Å². The van der Waals surface area contributed by atoms with Crippen LogP contribution in [0, 0.1) is 5.92 Å². The van der Waals surface area contributed by atoms with Gasteiger partial charge in [0.15, 0.2) is 0 Å². The first-order chi connectivity index (χ1) is 10.8. The lowest BCUT2D eigenvalue weighted by molar-refractivity contribution is 0.155. The number of nitrogens with two attached hydrogens (primary N) is 1. The van der Waals surface area contributed by atoms with Crippen LogP contribution in [0.1, 0.15) is 57.8 Å². The number of benzene rings is 1. The molecule has 0 spiro atoms. The predicted octanol–water partition coefficient (Wildman–Crippen LogP) is 4.33. The van der Waals surface area contributed by atoms with Gasteiger partial charge >= 0.3 is 0 Å². The molecule has 3 heteroatoms. The van der Waals surface area contributed by atoms with Gasteiger partial charge in [-0.05, 0) is 69.4 Å². The Balaban J connectivity index is 1.48. The van der Waals surface area contributed by atoms with Gasteiger partial charge in [-0.3, -0.25) is 0 Å². The maximum atomic E-state index is 6.15. The SMILES string of the molecule is N[C@H]1CC[C@H](CNc2cccc(OC3CCCCC3)c2)CC1. The van der Waals surface area contributed by atoms with E-state index in [4.69, 9.17) is 10.5 Å². The van der Waals surface area contributed by atoms with Crippen molar-refractivity contribution in [2.24, 2.45) is 11.7 Å². The lowest BCUT2D eigenvalue weighted by Gasteiger charge is -2.26. The van der Waals surface area contributed by atoms with Gasteiger partial charge in [-0.2, -0.15) is 0 Å². The lowest BCUT2D eigenvalue weighted by atomic mass is 9.86. The van der Waals surface area contributed by atoms with Crippen molar-refractivity contribution in [1.29, 1.82) is 0 Å². The predicted molar refractivity (Wildman–Crippen MR) is 92.4 cm³/mol. The van der Waals surface area contributed by atoms with E-state index in [0.717, 1.165) is 18.2 Å². The van der Waals surface area contributed by atoms with Crippen molar-refractivity contribution in [3.63, 3.8) is 0 Å². The summed E-state index contributed by atoms with van der Waals surface area (Å²) in [4.78, 5) is 0. The average molecular weight is 302 g/mol. The van der Waals surface area contributed by atoms with Crippen LogP contribution in [0.4, 0.5) is 5.69 Å². The number of anilines is 1. The smallest absolute Gasteiger partial charge is 0.121 e. The average Bonchev–Trinajstić information content (AvgIpc) is 2.56. The molecule has 2 fully saturated rings.